The van der Waals surface area contributed by atoms with Crippen LogP contribution in [-0.4, -0.2) is 30.8 Å². The van der Waals surface area contributed by atoms with Crippen molar-refractivity contribution in [2.24, 2.45) is 5.73 Å². The zero-order chi connectivity index (χ0) is 11.3. The highest BCUT2D eigenvalue weighted by atomic mass is 32.2. The van der Waals surface area contributed by atoms with E-state index >= 15 is 0 Å². The van der Waals surface area contributed by atoms with Crippen molar-refractivity contribution in [3.05, 3.63) is 18.2 Å². The molecule has 0 spiro atoms. The normalized spacial score (nSPS) is 11.9. The van der Waals surface area contributed by atoms with Gasteiger partial charge < -0.3 is 10.3 Å². The van der Waals surface area contributed by atoms with Gasteiger partial charge in [-0.15, -0.1) is 0 Å². The summed E-state index contributed by atoms with van der Waals surface area (Å²) in [6.45, 7) is 1.59. The molecule has 0 bridgehead atoms. The Morgan fingerprint density at radius 2 is 2.33 bits per heavy atom. The van der Waals surface area contributed by atoms with Gasteiger partial charge in [-0.25, -0.2) is 18.1 Å². The smallest absolute Gasteiger partial charge is 0.208 e. The molecule has 0 saturated heterocycles. The molecule has 0 saturated carbocycles. The Kier molecular flexibility index (Phi) is 4.25. The summed E-state index contributed by atoms with van der Waals surface area (Å²) in [4.78, 5) is 3.96. The quantitative estimate of drug-likeness (QED) is 0.633. The molecule has 1 rings (SSSR count). The summed E-state index contributed by atoms with van der Waals surface area (Å²) in [5, 5.41) is 0. The minimum Gasteiger partial charge on any atom is -0.333 e. The van der Waals surface area contributed by atoms with Crippen LogP contribution in [0.5, 0.6) is 0 Å². The standard InChI is InChI=1S/C8H16N4O2S/c1-15(13,14)11-3-2-4-12-7-10-6-8(12)5-9/h6-7,11H,2-5,9H2,1H3. The second-order valence-electron chi connectivity index (χ2n) is 3.30. The number of imidazole rings is 1. The molecule has 15 heavy (non-hydrogen) atoms. The van der Waals surface area contributed by atoms with Crippen LogP contribution in [0.4, 0.5) is 0 Å². The minimum atomic E-state index is -3.08. The number of aryl methyl sites for hydroxylation is 1. The van der Waals surface area contributed by atoms with E-state index in [9.17, 15) is 8.42 Å². The van der Waals surface area contributed by atoms with E-state index in [-0.39, 0.29) is 0 Å². The average molecular weight is 232 g/mol. The molecule has 86 valence electrons. The van der Waals surface area contributed by atoms with Gasteiger partial charge in [-0.1, -0.05) is 0 Å². The lowest BCUT2D eigenvalue weighted by Crippen LogP contribution is -2.24. The van der Waals surface area contributed by atoms with Gasteiger partial charge in [-0.05, 0) is 6.42 Å². The van der Waals surface area contributed by atoms with E-state index in [1.807, 2.05) is 4.57 Å². The van der Waals surface area contributed by atoms with Crippen LogP contribution in [0.3, 0.4) is 0 Å². The number of hydrogen-bond acceptors (Lipinski definition) is 4. The molecule has 7 heteroatoms. The molecule has 0 radical (unpaired) electrons. The molecule has 1 aromatic rings. The second kappa shape index (κ2) is 5.24. The number of nitrogens with one attached hydrogen (secondary N) is 1. The molecular weight excluding hydrogens is 216 g/mol. The van der Waals surface area contributed by atoms with Gasteiger partial charge >= 0.3 is 0 Å². The predicted octanol–water partition coefficient (Wildman–Crippen LogP) is -0.719. The molecule has 0 atom stereocenters. The molecular formula is C8H16N4O2S. The zero-order valence-corrected chi connectivity index (χ0v) is 9.50. The lowest BCUT2D eigenvalue weighted by atomic mass is 10.4. The monoisotopic (exact) mass is 232 g/mol. The fourth-order valence-electron chi connectivity index (χ4n) is 1.23. The first-order valence-corrected chi connectivity index (χ1v) is 6.56. The summed E-state index contributed by atoms with van der Waals surface area (Å²) in [5.74, 6) is 0. The van der Waals surface area contributed by atoms with E-state index in [1.54, 1.807) is 12.5 Å². The van der Waals surface area contributed by atoms with Crippen LogP contribution in [0.15, 0.2) is 12.5 Å². The van der Waals surface area contributed by atoms with Gasteiger partial charge in [0.2, 0.25) is 10.0 Å². The first-order chi connectivity index (χ1) is 7.03. The Labute approximate surface area is 89.5 Å². The Hall–Kier alpha value is -0.920. The predicted molar refractivity (Wildman–Crippen MR) is 57.6 cm³/mol. The van der Waals surface area contributed by atoms with Gasteiger partial charge in [-0.3, -0.25) is 0 Å². The van der Waals surface area contributed by atoms with Gasteiger partial charge in [-0.2, -0.15) is 0 Å². The maximum Gasteiger partial charge on any atom is 0.208 e. The number of hydrogen-bond donors (Lipinski definition) is 2. The van der Waals surface area contributed by atoms with E-state index in [2.05, 4.69) is 9.71 Å². The van der Waals surface area contributed by atoms with Crippen molar-refractivity contribution in [1.82, 2.24) is 14.3 Å². The Morgan fingerprint density at radius 1 is 1.60 bits per heavy atom. The number of rotatable bonds is 6. The lowest BCUT2D eigenvalue weighted by Gasteiger charge is -2.06. The summed E-state index contributed by atoms with van der Waals surface area (Å²) in [5.41, 5.74) is 6.45. The van der Waals surface area contributed by atoms with Crippen LogP contribution in [0.25, 0.3) is 0 Å². The fraction of sp³-hybridized carbons (Fsp3) is 0.625. The number of nitrogens with two attached hydrogens (primary N) is 1. The maximum absolute atomic E-state index is 10.8. The van der Waals surface area contributed by atoms with Crippen LogP contribution in [0, 0.1) is 0 Å². The van der Waals surface area contributed by atoms with Crippen molar-refractivity contribution in [3.8, 4) is 0 Å². The first-order valence-electron chi connectivity index (χ1n) is 4.66. The molecule has 3 N–H and O–H groups in total. The van der Waals surface area contributed by atoms with E-state index in [0.717, 1.165) is 24.9 Å². The number of sulfonamides is 1. The molecule has 0 amide bonds. The van der Waals surface area contributed by atoms with Crippen molar-refractivity contribution in [2.45, 2.75) is 19.5 Å². The molecule has 1 aromatic heterocycles. The molecule has 1 heterocycles. The summed E-state index contributed by atoms with van der Waals surface area (Å²) in [6.07, 6.45) is 5.28. The summed E-state index contributed by atoms with van der Waals surface area (Å²) in [7, 11) is -3.08. The SMILES string of the molecule is CS(=O)(=O)NCCCn1cncc1CN. The van der Waals surface area contributed by atoms with Gasteiger partial charge in [0.1, 0.15) is 0 Å². The largest absolute Gasteiger partial charge is 0.333 e. The van der Waals surface area contributed by atoms with Gasteiger partial charge in [0.15, 0.2) is 0 Å². The summed E-state index contributed by atoms with van der Waals surface area (Å²) < 4.78 is 25.9. The highest BCUT2D eigenvalue weighted by Gasteiger charge is 2.01. The fourth-order valence-corrected chi connectivity index (χ4v) is 1.74. The minimum absolute atomic E-state index is 0.432. The third-order valence-corrected chi connectivity index (χ3v) is 2.68. The zero-order valence-electron chi connectivity index (χ0n) is 8.68. The van der Waals surface area contributed by atoms with Crippen molar-refractivity contribution in [2.75, 3.05) is 12.8 Å². The first kappa shape index (κ1) is 12.2. The molecule has 0 unspecified atom stereocenters. The molecule has 0 aromatic carbocycles. The molecule has 0 aliphatic heterocycles. The van der Waals surface area contributed by atoms with Crippen LogP contribution in [0.1, 0.15) is 12.1 Å². The van der Waals surface area contributed by atoms with Crippen LogP contribution in [-0.2, 0) is 23.1 Å². The molecule has 6 nitrogen and oxygen atoms in total. The molecule has 0 fully saturated rings. The Balaban J connectivity index is 2.32. The van der Waals surface area contributed by atoms with Crippen molar-refractivity contribution >= 4 is 10.0 Å². The topological polar surface area (TPSA) is 90.0 Å². The summed E-state index contributed by atoms with van der Waals surface area (Å²) >= 11 is 0. The maximum atomic E-state index is 10.8. The van der Waals surface area contributed by atoms with Crippen LogP contribution in [0.2, 0.25) is 0 Å². The van der Waals surface area contributed by atoms with Gasteiger partial charge in [0.05, 0.1) is 18.3 Å². The lowest BCUT2D eigenvalue weighted by molar-refractivity contribution is 0.571. The van der Waals surface area contributed by atoms with Crippen LogP contribution < -0.4 is 10.5 Å². The third kappa shape index (κ3) is 4.41. The van der Waals surface area contributed by atoms with Gasteiger partial charge in [0, 0.05) is 25.8 Å². The van der Waals surface area contributed by atoms with Crippen molar-refractivity contribution in [1.29, 1.82) is 0 Å². The number of nitrogens with zero attached hydrogens (tertiary/aromatic N) is 2. The second-order valence-corrected chi connectivity index (χ2v) is 5.14. The van der Waals surface area contributed by atoms with E-state index in [4.69, 9.17) is 5.73 Å². The van der Waals surface area contributed by atoms with E-state index in [0.29, 0.717) is 13.1 Å². The average Bonchev–Trinajstić information content (AvgIpc) is 2.58. The summed E-state index contributed by atoms with van der Waals surface area (Å²) in [6, 6.07) is 0. The van der Waals surface area contributed by atoms with E-state index < -0.39 is 10.0 Å². The van der Waals surface area contributed by atoms with E-state index in [1.165, 1.54) is 0 Å². The Bertz CT molecular complexity index is 399. The van der Waals surface area contributed by atoms with Crippen molar-refractivity contribution in [3.63, 3.8) is 0 Å². The molecule has 0 aliphatic carbocycles. The van der Waals surface area contributed by atoms with Crippen LogP contribution >= 0.6 is 0 Å². The van der Waals surface area contributed by atoms with Crippen molar-refractivity contribution < 1.29 is 8.42 Å². The highest BCUT2D eigenvalue weighted by molar-refractivity contribution is 7.88. The Morgan fingerprint density at radius 3 is 2.93 bits per heavy atom. The number of aromatic nitrogens is 2. The third-order valence-electron chi connectivity index (χ3n) is 1.95. The highest BCUT2D eigenvalue weighted by Crippen LogP contribution is 1.98. The molecule has 0 aliphatic rings. The van der Waals surface area contributed by atoms with Gasteiger partial charge in [0.25, 0.3) is 0 Å².